The average molecular weight is 275 g/mol. The highest BCUT2D eigenvalue weighted by Crippen LogP contribution is 2.31. The summed E-state index contributed by atoms with van der Waals surface area (Å²) in [6, 6.07) is 0. The van der Waals surface area contributed by atoms with Crippen LogP contribution in [-0.2, 0) is 13.6 Å². The number of rotatable bonds is 4. The van der Waals surface area contributed by atoms with Crippen LogP contribution in [0, 0.1) is 12.8 Å². The van der Waals surface area contributed by atoms with Crippen molar-refractivity contribution in [2.45, 2.75) is 47.1 Å². The molecule has 0 amide bonds. The van der Waals surface area contributed by atoms with Crippen molar-refractivity contribution in [1.29, 1.82) is 0 Å². The Hall–Kier alpha value is -1.78. The summed E-state index contributed by atoms with van der Waals surface area (Å²) in [6.45, 7) is 11.6. The Morgan fingerprint density at radius 3 is 2.35 bits per heavy atom. The van der Waals surface area contributed by atoms with Gasteiger partial charge in [-0.25, -0.2) is 4.98 Å². The lowest BCUT2D eigenvalue weighted by molar-refractivity contribution is 0.502. The van der Waals surface area contributed by atoms with Crippen LogP contribution in [0.5, 0.6) is 0 Å². The monoisotopic (exact) mass is 275 g/mol. The van der Waals surface area contributed by atoms with E-state index < -0.39 is 0 Å². The van der Waals surface area contributed by atoms with Gasteiger partial charge in [-0.2, -0.15) is 5.10 Å². The molecule has 2 aromatic heterocycles. The Morgan fingerprint density at radius 2 is 1.90 bits per heavy atom. The number of aromatic nitrogens is 4. The van der Waals surface area contributed by atoms with Gasteiger partial charge in [0, 0.05) is 31.3 Å². The molecule has 2 aromatic rings. The van der Waals surface area contributed by atoms with Gasteiger partial charge in [0.05, 0.1) is 5.69 Å². The quantitative estimate of drug-likeness (QED) is 0.933. The summed E-state index contributed by atoms with van der Waals surface area (Å²) in [4.78, 5) is 4.79. The van der Waals surface area contributed by atoms with E-state index in [9.17, 15) is 0 Å². The fraction of sp³-hybridized carbons (Fsp3) is 0.600. The largest absolute Gasteiger partial charge is 0.383 e. The van der Waals surface area contributed by atoms with Gasteiger partial charge in [-0.15, -0.1) is 0 Å². The first-order valence-corrected chi connectivity index (χ1v) is 7.17. The van der Waals surface area contributed by atoms with Gasteiger partial charge in [0.2, 0.25) is 0 Å². The minimum absolute atomic E-state index is 0.349. The zero-order valence-electron chi connectivity index (χ0n) is 13.3. The molecule has 5 heteroatoms. The Morgan fingerprint density at radius 1 is 1.25 bits per heavy atom. The van der Waals surface area contributed by atoms with Gasteiger partial charge in [-0.3, -0.25) is 4.68 Å². The first kappa shape index (κ1) is 14.6. The van der Waals surface area contributed by atoms with Crippen LogP contribution in [0.3, 0.4) is 0 Å². The number of nitrogens with zero attached hydrogens (tertiary/aromatic N) is 4. The second-order valence-corrected chi connectivity index (χ2v) is 6.16. The molecule has 0 saturated heterocycles. The van der Waals surface area contributed by atoms with Crippen molar-refractivity contribution in [1.82, 2.24) is 19.3 Å². The zero-order valence-corrected chi connectivity index (χ0v) is 13.3. The van der Waals surface area contributed by atoms with Crippen LogP contribution in [0.1, 0.15) is 45.1 Å². The van der Waals surface area contributed by atoms with Crippen LogP contribution in [0.25, 0.3) is 11.3 Å². The van der Waals surface area contributed by atoms with E-state index in [4.69, 9.17) is 10.7 Å². The van der Waals surface area contributed by atoms with Crippen molar-refractivity contribution in [3.8, 4) is 11.3 Å². The molecule has 2 heterocycles. The molecule has 0 spiro atoms. The van der Waals surface area contributed by atoms with E-state index in [0.29, 0.717) is 11.8 Å². The second-order valence-electron chi connectivity index (χ2n) is 6.16. The van der Waals surface area contributed by atoms with E-state index >= 15 is 0 Å². The maximum Gasteiger partial charge on any atom is 0.131 e. The highest BCUT2D eigenvalue weighted by Gasteiger charge is 2.21. The highest BCUT2D eigenvalue weighted by atomic mass is 15.3. The predicted octanol–water partition coefficient (Wildman–Crippen LogP) is 2.95. The molecule has 2 N–H and O–H groups in total. The fourth-order valence-corrected chi connectivity index (χ4v) is 2.51. The lowest BCUT2D eigenvalue weighted by Gasteiger charge is -2.13. The Bertz CT molecular complexity index is 604. The number of hydrogen-bond donors (Lipinski definition) is 1. The molecule has 5 nitrogen and oxygen atoms in total. The van der Waals surface area contributed by atoms with E-state index in [1.54, 1.807) is 4.68 Å². The van der Waals surface area contributed by atoms with E-state index in [1.807, 2.05) is 20.2 Å². The van der Waals surface area contributed by atoms with Gasteiger partial charge in [0.25, 0.3) is 0 Å². The summed E-state index contributed by atoms with van der Waals surface area (Å²) in [5, 5.41) is 4.39. The SMILES string of the molecule is Cc1nn(C)cc1-c1nc(C(C)C)n(CC(C)C)c1N. The van der Waals surface area contributed by atoms with E-state index in [-0.39, 0.29) is 0 Å². The summed E-state index contributed by atoms with van der Waals surface area (Å²) in [5.74, 6) is 2.68. The van der Waals surface area contributed by atoms with Gasteiger partial charge in [-0.1, -0.05) is 27.7 Å². The van der Waals surface area contributed by atoms with Gasteiger partial charge in [0.15, 0.2) is 0 Å². The summed E-state index contributed by atoms with van der Waals surface area (Å²) in [6.07, 6.45) is 1.98. The summed E-state index contributed by atoms with van der Waals surface area (Å²) in [5.41, 5.74) is 9.21. The molecule has 0 atom stereocenters. The lowest BCUT2D eigenvalue weighted by Crippen LogP contribution is -2.12. The smallest absolute Gasteiger partial charge is 0.131 e. The number of nitrogens with two attached hydrogens (primary N) is 1. The van der Waals surface area contributed by atoms with Gasteiger partial charge < -0.3 is 10.3 Å². The zero-order chi connectivity index (χ0) is 15.0. The molecule has 0 aliphatic carbocycles. The minimum atomic E-state index is 0.349. The first-order valence-electron chi connectivity index (χ1n) is 7.17. The van der Waals surface area contributed by atoms with E-state index in [2.05, 4.69) is 37.4 Å². The Balaban J connectivity index is 2.58. The third-order valence-electron chi connectivity index (χ3n) is 3.37. The average Bonchev–Trinajstić information content (AvgIpc) is 2.80. The molecular formula is C15H25N5. The number of anilines is 1. The number of nitrogen functional groups attached to an aromatic ring is 1. The molecule has 0 bridgehead atoms. The molecule has 0 unspecified atom stereocenters. The topological polar surface area (TPSA) is 61.7 Å². The first-order chi connectivity index (χ1) is 9.31. The van der Waals surface area contributed by atoms with Crippen molar-refractivity contribution in [3.63, 3.8) is 0 Å². The van der Waals surface area contributed by atoms with Crippen LogP contribution in [-0.4, -0.2) is 19.3 Å². The van der Waals surface area contributed by atoms with Gasteiger partial charge in [0.1, 0.15) is 17.3 Å². The Labute approximate surface area is 120 Å². The molecule has 20 heavy (non-hydrogen) atoms. The molecular weight excluding hydrogens is 250 g/mol. The third kappa shape index (κ3) is 2.57. The molecule has 2 rings (SSSR count). The molecule has 110 valence electrons. The summed E-state index contributed by atoms with van der Waals surface area (Å²) >= 11 is 0. The summed E-state index contributed by atoms with van der Waals surface area (Å²) < 4.78 is 3.96. The predicted molar refractivity (Wildman–Crippen MR) is 82.5 cm³/mol. The van der Waals surface area contributed by atoms with Crippen LogP contribution < -0.4 is 5.73 Å². The van der Waals surface area contributed by atoms with Crippen LogP contribution in [0.15, 0.2) is 6.20 Å². The van der Waals surface area contributed by atoms with Crippen molar-refractivity contribution in [2.75, 3.05) is 5.73 Å². The Kier molecular flexibility index (Phi) is 3.88. The van der Waals surface area contributed by atoms with Crippen molar-refractivity contribution >= 4 is 5.82 Å². The highest BCUT2D eigenvalue weighted by molar-refractivity contribution is 5.72. The van der Waals surface area contributed by atoms with Crippen molar-refractivity contribution in [3.05, 3.63) is 17.7 Å². The maximum absolute atomic E-state index is 6.36. The molecule has 0 aliphatic heterocycles. The van der Waals surface area contributed by atoms with Crippen LogP contribution >= 0.6 is 0 Å². The second kappa shape index (κ2) is 5.31. The van der Waals surface area contributed by atoms with Crippen molar-refractivity contribution < 1.29 is 0 Å². The summed E-state index contributed by atoms with van der Waals surface area (Å²) in [7, 11) is 1.92. The van der Waals surface area contributed by atoms with E-state index in [0.717, 1.165) is 35.1 Å². The number of hydrogen-bond acceptors (Lipinski definition) is 3. The standard InChI is InChI=1S/C15H25N5/c1-9(2)7-20-14(16)13(17-15(20)10(3)4)12-8-19(6)18-11(12)5/h8-10H,7,16H2,1-6H3. The molecule has 0 saturated carbocycles. The number of aryl methyl sites for hydroxylation is 2. The minimum Gasteiger partial charge on any atom is -0.383 e. The van der Waals surface area contributed by atoms with Crippen LogP contribution in [0.4, 0.5) is 5.82 Å². The number of imidazole rings is 1. The normalized spacial score (nSPS) is 11.8. The van der Waals surface area contributed by atoms with Crippen molar-refractivity contribution in [2.24, 2.45) is 13.0 Å². The fourth-order valence-electron chi connectivity index (χ4n) is 2.51. The van der Waals surface area contributed by atoms with Crippen LogP contribution in [0.2, 0.25) is 0 Å². The maximum atomic E-state index is 6.36. The molecule has 0 radical (unpaired) electrons. The third-order valence-corrected chi connectivity index (χ3v) is 3.37. The molecule has 0 aliphatic rings. The van der Waals surface area contributed by atoms with Gasteiger partial charge >= 0.3 is 0 Å². The van der Waals surface area contributed by atoms with Gasteiger partial charge in [-0.05, 0) is 12.8 Å². The van der Waals surface area contributed by atoms with E-state index in [1.165, 1.54) is 0 Å². The molecule has 0 fully saturated rings. The molecule has 0 aromatic carbocycles. The lowest BCUT2D eigenvalue weighted by atomic mass is 10.2.